The molecule has 0 radical (unpaired) electrons. The monoisotopic (exact) mass is 196 g/mol. The Balaban J connectivity index is 1.75. The van der Waals surface area contributed by atoms with Gasteiger partial charge in [-0.05, 0) is 45.3 Å². The van der Waals surface area contributed by atoms with Crippen LogP contribution in [-0.2, 0) is 4.79 Å². The van der Waals surface area contributed by atoms with Gasteiger partial charge in [0, 0.05) is 0 Å². The first-order chi connectivity index (χ1) is 6.86. The number of ketones is 1. The van der Waals surface area contributed by atoms with E-state index in [1.54, 1.807) is 0 Å². The molecule has 0 aromatic carbocycles. The van der Waals surface area contributed by atoms with E-state index in [-0.39, 0.29) is 6.04 Å². The summed E-state index contributed by atoms with van der Waals surface area (Å²) in [7, 11) is 0. The maximum atomic E-state index is 11.8. The van der Waals surface area contributed by atoms with Crippen molar-refractivity contribution in [3.63, 3.8) is 0 Å². The normalized spacial score (nSPS) is 29.3. The number of Topliss-reactive ketones (excluding diaryl/α,β-unsaturated/α-hetero) is 1. The Kier molecular flexibility index (Phi) is 3.54. The second-order valence-corrected chi connectivity index (χ2v) is 4.45. The highest BCUT2D eigenvalue weighted by molar-refractivity contribution is 5.86. The first-order valence-electron chi connectivity index (χ1n) is 5.85. The van der Waals surface area contributed by atoms with Crippen LogP contribution in [0.2, 0.25) is 0 Å². The van der Waals surface area contributed by atoms with Crippen LogP contribution in [0.1, 0.15) is 32.1 Å². The minimum absolute atomic E-state index is 0.157. The van der Waals surface area contributed by atoms with E-state index in [1.807, 2.05) is 0 Å². The maximum Gasteiger partial charge on any atom is 0.163 e. The van der Waals surface area contributed by atoms with Crippen LogP contribution in [0.25, 0.3) is 0 Å². The third kappa shape index (κ3) is 2.55. The first kappa shape index (κ1) is 10.1. The van der Waals surface area contributed by atoms with Crippen molar-refractivity contribution in [3.8, 4) is 0 Å². The molecule has 2 fully saturated rings. The van der Waals surface area contributed by atoms with E-state index in [0.717, 1.165) is 26.1 Å². The molecule has 0 saturated carbocycles. The summed E-state index contributed by atoms with van der Waals surface area (Å²) in [6.07, 6.45) is 6.03. The number of piperidine rings is 1. The van der Waals surface area contributed by atoms with E-state index < -0.39 is 0 Å². The van der Waals surface area contributed by atoms with Crippen molar-refractivity contribution in [1.82, 2.24) is 10.2 Å². The fourth-order valence-electron chi connectivity index (χ4n) is 2.40. The molecule has 80 valence electrons. The van der Waals surface area contributed by atoms with Crippen molar-refractivity contribution in [2.75, 3.05) is 26.2 Å². The fourth-order valence-corrected chi connectivity index (χ4v) is 2.40. The second-order valence-electron chi connectivity index (χ2n) is 4.45. The molecular formula is C11H20N2O. The van der Waals surface area contributed by atoms with E-state index >= 15 is 0 Å². The van der Waals surface area contributed by atoms with Gasteiger partial charge in [0.25, 0.3) is 0 Å². The van der Waals surface area contributed by atoms with Gasteiger partial charge >= 0.3 is 0 Å². The highest BCUT2D eigenvalue weighted by Gasteiger charge is 2.23. The minimum atomic E-state index is 0.157. The van der Waals surface area contributed by atoms with Crippen LogP contribution in [-0.4, -0.2) is 42.9 Å². The third-order valence-electron chi connectivity index (χ3n) is 3.28. The molecule has 3 nitrogen and oxygen atoms in total. The molecule has 2 heterocycles. The average molecular weight is 196 g/mol. The molecule has 0 aromatic heterocycles. The van der Waals surface area contributed by atoms with Crippen LogP contribution in [0.3, 0.4) is 0 Å². The van der Waals surface area contributed by atoms with E-state index in [4.69, 9.17) is 0 Å². The summed E-state index contributed by atoms with van der Waals surface area (Å²) in [6, 6.07) is 0.157. The molecule has 2 aliphatic rings. The van der Waals surface area contributed by atoms with Gasteiger partial charge in [-0.25, -0.2) is 0 Å². The third-order valence-corrected chi connectivity index (χ3v) is 3.28. The Morgan fingerprint density at radius 2 is 2.00 bits per heavy atom. The van der Waals surface area contributed by atoms with E-state index in [0.29, 0.717) is 12.3 Å². The van der Waals surface area contributed by atoms with Gasteiger partial charge in [-0.2, -0.15) is 0 Å². The van der Waals surface area contributed by atoms with Crippen molar-refractivity contribution in [2.24, 2.45) is 0 Å². The number of carbonyl (C=O) groups is 1. The minimum Gasteiger partial charge on any atom is -0.307 e. The predicted molar refractivity (Wildman–Crippen MR) is 56.3 cm³/mol. The maximum absolute atomic E-state index is 11.8. The molecule has 0 spiro atoms. The first-order valence-corrected chi connectivity index (χ1v) is 5.85. The molecule has 0 bridgehead atoms. The number of nitrogens with one attached hydrogen (secondary N) is 1. The fraction of sp³-hybridized carbons (Fsp3) is 0.909. The van der Waals surface area contributed by atoms with Crippen LogP contribution in [0.5, 0.6) is 0 Å². The van der Waals surface area contributed by atoms with E-state index in [1.165, 1.54) is 25.7 Å². The summed E-state index contributed by atoms with van der Waals surface area (Å²) >= 11 is 0. The standard InChI is InChI=1S/C11H20N2O/c14-11(9-13-7-3-4-8-13)10-5-1-2-6-12-10/h10,12H,1-9H2. The number of rotatable bonds is 3. The highest BCUT2D eigenvalue weighted by Crippen LogP contribution is 2.11. The summed E-state index contributed by atoms with van der Waals surface area (Å²) in [5, 5.41) is 3.32. The van der Waals surface area contributed by atoms with Crippen LogP contribution < -0.4 is 5.32 Å². The molecule has 0 amide bonds. The lowest BCUT2D eigenvalue weighted by molar-refractivity contribution is -0.122. The average Bonchev–Trinajstić information content (AvgIpc) is 2.72. The molecule has 0 aliphatic carbocycles. The number of hydrogen-bond donors (Lipinski definition) is 1. The van der Waals surface area contributed by atoms with Gasteiger partial charge in [-0.3, -0.25) is 9.69 Å². The van der Waals surface area contributed by atoms with Gasteiger partial charge in [0.2, 0.25) is 0 Å². The lowest BCUT2D eigenvalue weighted by Gasteiger charge is -2.24. The van der Waals surface area contributed by atoms with Crippen molar-refractivity contribution < 1.29 is 4.79 Å². The quantitative estimate of drug-likeness (QED) is 0.724. The Morgan fingerprint density at radius 3 is 2.64 bits per heavy atom. The van der Waals surface area contributed by atoms with Gasteiger partial charge in [0.05, 0.1) is 12.6 Å². The molecule has 2 rings (SSSR count). The predicted octanol–water partition coefficient (Wildman–Crippen LogP) is 0.793. The van der Waals surface area contributed by atoms with Crippen LogP contribution in [0, 0.1) is 0 Å². The zero-order valence-electron chi connectivity index (χ0n) is 8.80. The van der Waals surface area contributed by atoms with Gasteiger partial charge in [-0.1, -0.05) is 6.42 Å². The topological polar surface area (TPSA) is 32.3 Å². The summed E-state index contributed by atoms with van der Waals surface area (Å²) < 4.78 is 0. The number of likely N-dealkylation sites (tertiary alicyclic amines) is 1. The van der Waals surface area contributed by atoms with E-state index in [9.17, 15) is 4.79 Å². The number of carbonyl (C=O) groups excluding carboxylic acids is 1. The Morgan fingerprint density at radius 1 is 1.21 bits per heavy atom. The van der Waals surface area contributed by atoms with Crippen molar-refractivity contribution in [3.05, 3.63) is 0 Å². The number of hydrogen-bond acceptors (Lipinski definition) is 3. The summed E-state index contributed by atoms with van der Waals surface area (Å²) in [4.78, 5) is 14.1. The molecule has 1 N–H and O–H groups in total. The molecule has 3 heteroatoms. The van der Waals surface area contributed by atoms with Gasteiger partial charge in [-0.15, -0.1) is 0 Å². The molecule has 2 saturated heterocycles. The lowest BCUT2D eigenvalue weighted by Crippen LogP contribution is -2.44. The summed E-state index contributed by atoms with van der Waals surface area (Å²) in [5.41, 5.74) is 0. The molecule has 0 aromatic rings. The van der Waals surface area contributed by atoms with E-state index in [2.05, 4.69) is 10.2 Å². The van der Waals surface area contributed by atoms with Crippen molar-refractivity contribution in [1.29, 1.82) is 0 Å². The largest absolute Gasteiger partial charge is 0.307 e. The van der Waals surface area contributed by atoms with Gasteiger partial charge in [0.1, 0.15) is 0 Å². The Labute approximate surface area is 85.8 Å². The van der Waals surface area contributed by atoms with Crippen LogP contribution in [0.15, 0.2) is 0 Å². The van der Waals surface area contributed by atoms with Gasteiger partial charge in [0.15, 0.2) is 5.78 Å². The molecule has 14 heavy (non-hydrogen) atoms. The van der Waals surface area contributed by atoms with Gasteiger partial charge < -0.3 is 5.32 Å². The summed E-state index contributed by atoms with van der Waals surface area (Å²) in [6.45, 7) is 3.95. The molecular weight excluding hydrogens is 176 g/mol. The summed E-state index contributed by atoms with van der Waals surface area (Å²) in [5.74, 6) is 0.409. The lowest BCUT2D eigenvalue weighted by atomic mass is 10.0. The molecule has 2 aliphatic heterocycles. The highest BCUT2D eigenvalue weighted by atomic mass is 16.1. The number of nitrogens with zero attached hydrogens (tertiary/aromatic N) is 1. The Bertz CT molecular complexity index is 193. The smallest absolute Gasteiger partial charge is 0.163 e. The van der Waals surface area contributed by atoms with Crippen LogP contribution in [0.4, 0.5) is 0 Å². The molecule has 1 unspecified atom stereocenters. The zero-order chi connectivity index (χ0) is 9.80. The SMILES string of the molecule is O=C(CN1CCCC1)C1CCCCN1. The van der Waals surface area contributed by atoms with Crippen LogP contribution >= 0.6 is 0 Å². The Hall–Kier alpha value is -0.410. The zero-order valence-corrected chi connectivity index (χ0v) is 8.80. The van der Waals surface area contributed by atoms with Crippen molar-refractivity contribution in [2.45, 2.75) is 38.1 Å². The van der Waals surface area contributed by atoms with Crippen molar-refractivity contribution >= 4 is 5.78 Å². The molecule has 1 atom stereocenters. The second kappa shape index (κ2) is 4.89.